The van der Waals surface area contributed by atoms with Gasteiger partial charge in [0.1, 0.15) is 0 Å². The van der Waals surface area contributed by atoms with Gasteiger partial charge in [0.05, 0.1) is 11.4 Å². The Morgan fingerprint density at radius 2 is 1.41 bits per heavy atom. The zero-order valence-corrected chi connectivity index (χ0v) is 16.5. The summed E-state index contributed by atoms with van der Waals surface area (Å²) in [5.74, 6) is 0.785. The van der Waals surface area contributed by atoms with Crippen molar-refractivity contribution in [1.82, 2.24) is 9.55 Å². The highest BCUT2D eigenvalue weighted by Crippen LogP contribution is 2.36. The van der Waals surface area contributed by atoms with E-state index >= 15 is 0 Å². The Balaban J connectivity index is 1.75. The Morgan fingerprint density at radius 3 is 2.07 bits per heavy atom. The molecule has 0 unspecified atom stereocenters. The van der Waals surface area contributed by atoms with Crippen LogP contribution in [-0.2, 0) is 12.8 Å². The molecule has 0 aliphatic heterocycles. The number of halogens is 1. The Labute approximate surface area is 168 Å². The monoisotopic (exact) mass is 390 g/mol. The van der Waals surface area contributed by atoms with Crippen LogP contribution in [0.2, 0.25) is 5.02 Å². The summed E-state index contributed by atoms with van der Waals surface area (Å²) in [6.07, 6.45) is 0. The second-order valence-electron chi connectivity index (χ2n) is 6.26. The fourth-order valence-electron chi connectivity index (χ4n) is 3.09. The standard InChI is InChI=1S/C23H19ClN2S/c1-26-22(18-12-6-3-7-13-18)21(17-10-4-2-5-11-17)25-23(26)27-16-19-14-8-9-15-20(19)24/h2-15H,16H2,1H3. The first-order chi connectivity index (χ1) is 13.2. The van der Waals surface area contributed by atoms with Gasteiger partial charge < -0.3 is 4.57 Å². The lowest BCUT2D eigenvalue weighted by Crippen LogP contribution is -1.95. The lowest BCUT2D eigenvalue weighted by molar-refractivity contribution is 0.796. The van der Waals surface area contributed by atoms with Crippen LogP contribution in [0.25, 0.3) is 22.5 Å². The lowest BCUT2D eigenvalue weighted by atomic mass is 10.1. The molecular weight excluding hydrogens is 372 g/mol. The van der Waals surface area contributed by atoms with E-state index in [1.165, 1.54) is 0 Å². The average Bonchev–Trinajstić information content (AvgIpc) is 3.05. The molecule has 0 fully saturated rings. The fourth-order valence-corrected chi connectivity index (χ4v) is 4.35. The molecule has 4 aromatic rings. The van der Waals surface area contributed by atoms with Gasteiger partial charge >= 0.3 is 0 Å². The second-order valence-corrected chi connectivity index (χ2v) is 7.61. The first kappa shape index (κ1) is 17.9. The molecule has 3 aromatic carbocycles. The van der Waals surface area contributed by atoms with E-state index in [4.69, 9.17) is 16.6 Å². The first-order valence-electron chi connectivity index (χ1n) is 8.78. The Morgan fingerprint density at radius 1 is 0.815 bits per heavy atom. The molecular formula is C23H19ClN2S. The minimum absolute atomic E-state index is 0.785. The van der Waals surface area contributed by atoms with Gasteiger partial charge in [0.25, 0.3) is 0 Å². The third kappa shape index (κ3) is 3.80. The molecule has 1 aromatic heterocycles. The van der Waals surface area contributed by atoms with E-state index in [0.29, 0.717) is 0 Å². The van der Waals surface area contributed by atoms with Crippen LogP contribution in [0.4, 0.5) is 0 Å². The molecule has 0 saturated heterocycles. The average molecular weight is 391 g/mol. The van der Waals surface area contributed by atoms with Crippen molar-refractivity contribution in [3.05, 3.63) is 95.5 Å². The quantitative estimate of drug-likeness (QED) is 0.353. The normalized spacial score (nSPS) is 10.9. The maximum atomic E-state index is 6.32. The van der Waals surface area contributed by atoms with Crippen molar-refractivity contribution in [2.45, 2.75) is 10.9 Å². The smallest absolute Gasteiger partial charge is 0.169 e. The van der Waals surface area contributed by atoms with Crippen LogP contribution in [-0.4, -0.2) is 9.55 Å². The fraction of sp³-hybridized carbons (Fsp3) is 0.0870. The molecule has 0 N–H and O–H groups in total. The van der Waals surface area contributed by atoms with Gasteiger partial charge in [-0.2, -0.15) is 0 Å². The zero-order chi connectivity index (χ0) is 18.6. The van der Waals surface area contributed by atoms with Crippen LogP contribution in [0, 0.1) is 0 Å². The van der Waals surface area contributed by atoms with Crippen molar-refractivity contribution in [3.63, 3.8) is 0 Å². The second kappa shape index (κ2) is 8.03. The molecule has 0 atom stereocenters. The summed E-state index contributed by atoms with van der Waals surface area (Å²) in [5, 5.41) is 1.78. The number of imidazole rings is 1. The summed E-state index contributed by atoms with van der Waals surface area (Å²) in [4.78, 5) is 4.98. The van der Waals surface area contributed by atoms with Crippen molar-refractivity contribution in [1.29, 1.82) is 0 Å². The maximum absolute atomic E-state index is 6.32. The van der Waals surface area contributed by atoms with Crippen molar-refractivity contribution < 1.29 is 0 Å². The van der Waals surface area contributed by atoms with E-state index < -0.39 is 0 Å². The Hall–Kier alpha value is -2.49. The van der Waals surface area contributed by atoms with Crippen molar-refractivity contribution in [2.24, 2.45) is 7.05 Å². The van der Waals surface area contributed by atoms with Gasteiger partial charge in [-0.25, -0.2) is 4.98 Å². The zero-order valence-electron chi connectivity index (χ0n) is 15.0. The molecule has 0 aliphatic carbocycles. The summed E-state index contributed by atoms with van der Waals surface area (Å²) in [6.45, 7) is 0. The molecule has 0 amide bonds. The number of rotatable bonds is 5. The van der Waals surface area contributed by atoms with E-state index in [0.717, 1.165) is 44.0 Å². The maximum Gasteiger partial charge on any atom is 0.169 e. The summed E-state index contributed by atoms with van der Waals surface area (Å²) in [7, 11) is 2.08. The number of benzene rings is 3. The highest BCUT2D eigenvalue weighted by molar-refractivity contribution is 7.98. The lowest BCUT2D eigenvalue weighted by Gasteiger charge is -2.08. The van der Waals surface area contributed by atoms with E-state index in [9.17, 15) is 0 Å². The summed E-state index contributed by atoms with van der Waals surface area (Å²) in [6, 6.07) is 28.7. The van der Waals surface area contributed by atoms with Gasteiger partial charge in [0.15, 0.2) is 5.16 Å². The number of nitrogens with zero attached hydrogens (tertiary/aromatic N) is 2. The molecule has 134 valence electrons. The van der Waals surface area contributed by atoms with Crippen LogP contribution < -0.4 is 0 Å². The van der Waals surface area contributed by atoms with Crippen molar-refractivity contribution in [3.8, 4) is 22.5 Å². The Kier molecular flexibility index (Phi) is 5.33. The molecule has 4 rings (SSSR count). The highest BCUT2D eigenvalue weighted by atomic mass is 35.5. The topological polar surface area (TPSA) is 17.8 Å². The van der Waals surface area contributed by atoms with Gasteiger partial charge in [0.2, 0.25) is 0 Å². The summed E-state index contributed by atoms with van der Waals surface area (Å²) in [5.41, 5.74) is 5.54. The van der Waals surface area contributed by atoms with E-state index in [1.54, 1.807) is 11.8 Å². The van der Waals surface area contributed by atoms with Crippen molar-refractivity contribution in [2.75, 3.05) is 0 Å². The highest BCUT2D eigenvalue weighted by Gasteiger charge is 2.18. The number of hydrogen-bond donors (Lipinski definition) is 0. The van der Waals surface area contributed by atoms with Gasteiger partial charge in [-0.1, -0.05) is 102 Å². The molecule has 0 bridgehead atoms. The molecule has 0 saturated carbocycles. The van der Waals surface area contributed by atoms with Crippen molar-refractivity contribution >= 4 is 23.4 Å². The SMILES string of the molecule is Cn1c(SCc2ccccc2Cl)nc(-c2ccccc2)c1-c1ccccc1. The van der Waals surface area contributed by atoms with E-state index in [-0.39, 0.29) is 0 Å². The minimum atomic E-state index is 0.785. The largest absolute Gasteiger partial charge is 0.322 e. The van der Waals surface area contributed by atoms with Gasteiger partial charge in [0, 0.05) is 29.0 Å². The third-order valence-corrected chi connectivity index (χ3v) is 5.91. The van der Waals surface area contributed by atoms with Gasteiger partial charge in [-0.3, -0.25) is 0 Å². The summed E-state index contributed by atoms with van der Waals surface area (Å²) < 4.78 is 2.18. The van der Waals surface area contributed by atoms with Crippen LogP contribution in [0.15, 0.2) is 90.1 Å². The van der Waals surface area contributed by atoms with Gasteiger partial charge in [-0.15, -0.1) is 0 Å². The third-order valence-electron chi connectivity index (χ3n) is 4.46. The Bertz CT molecular complexity index is 1040. The molecule has 27 heavy (non-hydrogen) atoms. The van der Waals surface area contributed by atoms with Crippen LogP contribution in [0.5, 0.6) is 0 Å². The summed E-state index contributed by atoms with van der Waals surface area (Å²) >= 11 is 8.02. The molecule has 1 heterocycles. The van der Waals surface area contributed by atoms with E-state index in [2.05, 4.69) is 66.2 Å². The molecule has 0 spiro atoms. The van der Waals surface area contributed by atoms with E-state index in [1.807, 2.05) is 30.3 Å². The predicted octanol–water partition coefficient (Wildman–Crippen LogP) is 6.70. The molecule has 0 radical (unpaired) electrons. The minimum Gasteiger partial charge on any atom is -0.322 e. The van der Waals surface area contributed by atoms with Crippen LogP contribution in [0.3, 0.4) is 0 Å². The number of hydrogen-bond acceptors (Lipinski definition) is 2. The molecule has 2 nitrogen and oxygen atoms in total. The predicted molar refractivity (Wildman–Crippen MR) is 115 cm³/mol. The van der Waals surface area contributed by atoms with Crippen LogP contribution in [0.1, 0.15) is 5.56 Å². The molecule has 4 heteroatoms. The van der Waals surface area contributed by atoms with Gasteiger partial charge in [-0.05, 0) is 11.6 Å². The number of thioether (sulfide) groups is 1. The van der Waals surface area contributed by atoms with Crippen LogP contribution >= 0.6 is 23.4 Å². The number of aromatic nitrogens is 2. The molecule has 0 aliphatic rings. The first-order valence-corrected chi connectivity index (χ1v) is 10.1.